The Morgan fingerprint density at radius 3 is 2.57 bits per heavy atom. The first-order valence-electron chi connectivity index (χ1n) is 8.05. The molecule has 0 aromatic heterocycles. The van der Waals surface area contributed by atoms with Crippen molar-refractivity contribution >= 4 is 18.0 Å². The number of ether oxygens (including phenoxy) is 2. The van der Waals surface area contributed by atoms with Gasteiger partial charge in [-0.2, -0.15) is 0 Å². The van der Waals surface area contributed by atoms with Crippen LogP contribution in [0.5, 0.6) is 0 Å². The van der Waals surface area contributed by atoms with Gasteiger partial charge in [-0.3, -0.25) is 9.59 Å². The third-order valence-electron chi connectivity index (χ3n) is 3.52. The van der Waals surface area contributed by atoms with E-state index in [9.17, 15) is 14.4 Å². The summed E-state index contributed by atoms with van der Waals surface area (Å²) in [6, 6.07) is 0. The highest BCUT2D eigenvalue weighted by Crippen LogP contribution is 2.19. The smallest absolute Gasteiger partial charge is 0.407 e. The second-order valence-corrected chi connectivity index (χ2v) is 6.75. The predicted molar refractivity (Wildman–Crippen MR) is 84.8 cm³/mol. The zero-order valence-corrected chi connectivity index (χ0v) is 14.5. The largest absolute Gasteiger partial charge is 0.469 e. The topological polar surface area (TPSA) is 84.9 Å². The summed E-state index contributed by atoms with van der Waals surface area (Å²) in [5, 5.41) is 2.70. The van der Waals surface area contributed by atoms with E-state index in [-0.39, 0.29) is 24.2 Å². The number of rotatable bonds is 7. The van der Waals surface area contributed by atoms with Gasteiger partial charge in [-0.15, -0.1) is 0 Å². The molecule has 1 fully saturated rings. The molecule has 1 atom stereocenters. The van der Waals surface area contributed by atoms with E-state index in [1.807, 2.05) is 20.8 Å². The fourth-order valence-corrected chi connectivity index (χ4v) is 2.42. The minimum atomic E-state index is -0.490. The van der Waals surface area contributed by atoms with Crippen molar-refractivity contribution in [2.24, 2.45) is 5.92 Å². The van der Waals surface area contributed by atoms with Crippen molar-refractivity contribution in [2.45, 2.75) is 52.1 Å². The van der Waals surface area contributed by atoms with Gasteiger partial charge in [-0.05, 0) is 40.0 Å². The highest BCUT2D eigenvalue weighted by Gasteiger charge is 2.34. The van der Waals surface area contributed by atoms with Gasteiger partial charge in [0.15, 0.2) is 0 Å². The standard InChI is InChI=1S/C16H28N2O5/c1-16(2,3)23-15(21)17-8-6-5-7-9-18-11-12(10-13(18)19)14(20)22-4/h12H,5-11H2,1-4H3,(H,17,21). The van der Waals surface area contributed by atoms with Gasteiger partial charge >= 0.3 is 12.1 Å². The van der Waals surface area contributed by atoms with Crippen LogP contribution in [0.15, 0.2) is 0 Å². The molecule has 23 heavy (non-hydrogen) atoms. The molecule has 0 saturated carbocycles. The second-order valence-electron chi connectivity index (χ2n) is 6.75. The van der Waals surface area contributed by atoms with Gasteiger partial charge in [-0.25, -0.2) is 4.79 Å². The van der Waals surface area contributed by atoms with Crippen LogP contribution >= 0.6 is 0 Å². The summed E-state index contributed by atoms with van der Waals surface area (Å²) < 4.78 is 9.81. The number of methoxy groups -OCH3 is 1. The molecular formula is C16H28N2O5. The van der Waals surface area contributed by atoms with Crippen LogP contribution in [-0.4, -0.2) is 55.2 Å². The molecule has 7 nitrogen and oxygen atoms in total. The van der Waals surface area contributed by atoms with Gasteiger partial charge in [0.25, 0.3) is 0 Å². The Labute approximate surface area is 137 Å². The van der Waals surface area contributed by atoms with Crippen LogP contribution in [0.4, 0.5) is 4.79 Å². The zero-order valence-electron chi connectivity index (χ0n) is 14.5. The van der Waals surface area contributed by atoms with E-state index in [1.165, 1.54) is 7.11 Å². The van der Waals surface area contributed by atoms with Gasteiger partial charge in [0, 0.05) is 26.1 Å². The van der Waals surface area contributed by atoms with Crippen LogP contribution in [0.25, 0.3) is 0 Å². The first kappa shape index (κ1) is 19.3. The maximum absolute atomic E-state index is 11.8. The third kappa shape index (κ3) is 7.34. The molecule has 2 amide bonds. The van der Waals surface area contributed by atoms with Gasteiger partial charge in [-0.1, -0.05) is 0 Å². The number of carbonyl (C=O) groups excluding carboxylic acids is 3. The van der Waals surface area contributed by atoms with E-state index >= 15 is 0 Å². The molecule has 0 aromatic rings. The van der Waals surface area contributed by atoms with Crippen LogP contribution in [0.3, 0.4) is 0 Å². The average Bonchev–Trinajstić information content (AvgIpc) is 2.81. The number of hydrogen-bond donors (Lipinski definition) is 1. The Kier molecular flexibility index (Phi) is 7.32. The van der Waals surface area contributed by atoms with Crippen LogP contribution in [0.2, 0.25) is 0 Å². The molecular weight excluding hydrogens is 300 g/mol. The van der Waals surface area contributed by atoms with Gasteiger partial charge in [0.2, 0.25) is 5.91 Å². The number of alkyl carbamates (subject to hydrolysis) is 1. The van der Waals surface area contributed by atoms with E-state index in [2.05, 4.69) is 10.1 Å². The number of unbranched alkanes of at least 4 members (excludes halogenated alkanes) is 2. The molecule has 132 valence electrons. The molecule has 0 aromatic carbocycles. The highest BCUT2D eigenvalue weighted by atomic mass is 16.6. The van der Waals surface area contributed by atoms with Crippen LogP contribution in [-0.2, 0) is 19.1 Å². The van der Waals surface area contributed by atoms with Crippen molar-refractivity contribution in [2.75, 3.05) is 26.7 Å². The third-order valence-corrected chi connectivity index (χ3v) is 3.52. The monoisotopic (exact) mass is 328 g/mol. The lowest BCUT2D eigenvalue weighted by Crippen LogP contribution is -2.33. The second kappa shape index (κ2) is 8.74. The Hall–Kier alpha value is -1.79. The molecule has 1 N–H and O–H groups in total. The minimum Gasteiger partial charge on any atom is -0.469 e. The summed E-state index contributed by atoms with van der Waals surface area (Å²) in [5.41, 5.74) is -0.490. The van der Waals surface area contributed by atoms with E-state index in [0.29, 0.717) is 19.6 Å². The van der Waals surface area contributed by atoms with Gasteiger partial charge in [0.1, 0.15) is 5.60 Å². The lowest BCUT2D eigenvalue weighted by molar-refractivity contribution is -0.145. The van der Waals surface area contributed by atoms with Crippen molar-refractivity contribution < 1.29 is 23.9 Å². The normalized spacial score (nSPS) is 18.0. The SMILES string of the molecule is COC(=O)C1CC(=O)N(CCCCCNC(=O)OC(C)(C)C)C1. The molecule has 0 radical (unpaired) electrons. The number of nitrogens with zero attached hydrogens (tertiary/aromatic N) is 1. The van der Waals surface area contributed by atoms with Gasteiger partial charge in [0.05, 0.1) is 13.0 Å². The Morgan fingerprint density at radius 1 is 1.26 bits per heavy atom. The Bertz CT molecular complexity index is 431. The van der Waals surface area contributed by atoms with Crippen molar-refractivity contribution in [3.05, 3.63) is 0 Å². The molecule has 0 bridgehead atoms. The summed E-state index contributed by atoms with van der Waals surface area (Å²) in [4.78, 5) is 36.4. The molecule has 1 heterocycles. The van der Waals surface area contributed by atoms with E-state index in [0.717, 1.165) is 19.3 Å². The summed E-state index contributed by atoms with van der Waals surface area (Å²) in [6.45, 7) is 7.09. The number of hydrogen-bond acceptors (Lipinski definition) is 5. The Balaban J connectivity index is 2.10. The van der Waals surface area contributed by atoms with Crippen molar-refractivity contribution in [1.29, 1.82) is 0 Å². The molecule has 1 aliphatic rings. The number of nitrogens with one attached hydrogen (secondary N) is 1. The first-order chi connectivity index (χ1) is 10.7. The quantitative estimate of drug-likeness (QED) is 0.568. The number of amides is 2. The van der Waals surface area contributed by atoms with E-state index in [4.69, 9.17) is 4.74 Å². The van der Waals surface area contributed by atoms with E-state index in [1.54, 1.807) is 4.90 Å². The van der Waals surface area contributed by atoms with Crippen LogP contribution in [0.1, 0.15) is 46.5 Å². The summed E-state index contributed by atoms with van der Waals surface area (Å²) in [7, 11) is 1.34. The molecule has 1 rings (SSSR count). The van der Waals surface area contributed by atoms with Crippen molar-refractivity contribution in [3.8, 4) is 0 Å². The molecule has 1 saturated heterocycles. The fourth-order valence-electron chi connectivity index (χ4n) is 2.42. The molecule has 1 unspecified atom stereocenters. The van der Waals surface area contributed by atoms with Gasteiger partial charge < -0.3 is 19.7 Å². The first-order valence-corrected chi connectivity index (χ1v) is 8.05. The van der Waals surface area contributed by atoms with Crippen LogP contribution < -0.4 is 5.32 Å². The molecule has 0 aliphatic carbocycles. The molecule has 1 aliphatic heterocycles. The number of likely N-dealkylation sites (tertiary alicyclic amines) is 1. The number of carbonyl (C=O) groups is 3. The lowest BCUT2D eigenvalue weighted by Gasteiger charge is -2.19. The number of esters is 1. The fraction of sp³-hybridized carbons (Fsp3) is 0.812. The molecule has 7 heteroatoms. The maximum Gasteiger partial charge on any atom is 0.407 e. The zero-order chi connectivity index (χ0) is 17.5. The minimum absolute atomic E-state index is 0.00674. The summed E-state index contributed by atoms with van der Waals surface area (Å²) >= 11 is 0. The maximum atomic E-state index is 11.8. The average molecular weight is 328 g/mol. The van der Waals surface area contributed by atoms with E-state index < -0.39 is 11.7 Å². The molecule has 0 spiro atoms. The van der Waals surface area contributed by atoms with Crippen molar-refractivity contribution in [1.82, 2.24) is 10.2 Å². The summed E-state index contributed by atoms with van der Waals surface area (Å²) in [6.07, 6.45) is 2.39. The summed E-state index contributed by atoms with van der Waals surface area (Å²) in [5.74, 6) is -0.643. The Morgan fingerprint density at radius 2 is 1.96 bits per heavy atom. The van der Waals surface area contributed by atoms with Crippen molar-refractivity contribution in [3.63, 3.8) is 0 Å². The highest BCUT2D eigenvalue weighted by molar-refractivity contribution is 5.86. The van der Waals surface area contributed by atoms with Crippen LogP contribution in [0, 0.1) is 5.92 Å². The predicted octanol–water partition coefficient (Wildman–Crippen LogP) is 1.70. The lowest BCUT2D eigenvalue weighted by atomic mass is 10.1.